The maximum absolute atomic E-state index is 13.2. The molecule has 3 heterocycles. The van der Waals surface area contributed by atoms with E-state index in [0.29, 0.717) is 30.6 Å². The van der Waals surface area contributed by atoms with Crippen molar-refractivity contribution in [1.29, 1.82) is 0 Å². The molecule has 1 aromatic carbocycles. The highest BCUT2D eigenvalue weighted by atomic mass is 16.6. The molecule has 5 amide bonds. The molecule has 2 saturated heterocycles. The standard InChI is InChI=1S/C25H32N4O6/c1-25(2,3)35-24(34)28-14-12-27(13-15-28)11-5-7-16-6-4-8-17-20(16)23(33)29(22(17)32)18-9-10-19(30)26-21(18)31/h4,6,8,18H,5,7,9-15H2,1-3H3,(H,26,30,31). The monoisotopic (exact) mass is 484 g/mol. The normalized spacial score (nSPS) is 21.3. The highest BCUT2D eigenvalue weighted by Gasteiger charge is 2.45. The molecule has 1 unspecified atom stereocenters. The molecular formula is C25H32N4O6. The lowest BCUT2D eigenvalue weighted by Crippen LogP contribution is -2.54. The molecule has 10 nitrogen and oxygen atoms in total. The van der Waals surface area contributed by atoms with Crippen LogP contribution in [0, 0.1) is 0 Å². The predicted molar refractivity (Wildman–Crippen MR) is 126 cm³/mol. The zero-order valence-corrected chi connectivity index (χ0v) is 20.5. The van der Waals surface area contributed by atoms with Gasteiger partial charge in [0.1, 0.15) is 11.6 Å². The number of carbonyl (C=O) groups excluding carboxylic acids is 5. The lowest BCUT2D eigenvalue weighted by molar-refractivity contribution is -0.136. The fourth-order valence-corrected chi connectivity index (χ4v) is 4.77. The van der Waals surface area contributed by atoms with Crippen LogP contribution in [0.25, 0.3) is 0 Å². The molecule has 0 aromatic heterocycles. The minimum absolute atomic E-state index is 0.0951. The summed E-state index contributed by atoms with van der Waals surface area (Å²) in [4.78, 5) is 67.2. The van der Waals surface area contributed by atoms with Crippen LogP contribution in [0.3, 0.4) is 0 Å². The van der Waals surface area contributed by atoms with E-state index >= 15 is 0 Å². The van der Waals surface area contributed by atoms with Crippen molar-refractivity contribution >= 4 is 29.7 Å². The number of fused-ring (bicyclic) bond motifs is 1. The Labute approximate surface area is 204 Å². The molecule has 0 aliphatic carbocycles. The minimum atomic E-state index is -0.964. The van der Waals surface area contributed by atoms with Crippen molar-refractivity contribution in [1.82, 2.24) is 20.0 Å². The van der Waals surface area contributed by atoms with E-state index in [0.717, 1.165) is 36.5 Å². The van der Waals surface area contributed by atoms with Gasteiger partial charge in [-0.1, -0.05) is 12.1 Å². The summed E-state index contributed by atoms with van der Waals surface area (Å²) >= 11 is 0. The Morgan fingerprint density at radius 2 is 1.77 bits per heavy atom. The summed E-state index contributed by atoms with van der Waals surface area (Å²) in [5.74, 6) is -1.96. The number of hydrogen-bond acceptors (Lipinski definition) is 7. The molecule has 3 aliphatic heterocycles. The number of ether oxygens (including phenoxy) is 1. The lowest BCUT2D eigenvalue weighted by atomic mass is 9.99. The van der Waals surface area contributed by atoms with Gasteiger partial charge in [0.25, 0.3) is 11.8 Å². The van der Waals surface area contributed by atoms with Gasteiger partial charge in [0, 0.05) is 32.6 Å². The van der Waals surface area contributed by atoms with Crippen LogP contribution < -0.4 is 5.32 Å². The van der Waals surface area contributed by atoms with E-state index in [-0.39, 0.29) is 18.9 Å². The van der Waals surface area contributed by atoms with Crippen LogP contribution >= 0.6 is 0 Å². The molecule has 0 spiro atoms. The van der Waals surface area contributed by atoms with E-state index < -0.39 is 35.3 Å². The number of carbonyl (C=O) groups is 5. The SMILES string of the molecule is CC(C)(C)OC(=O)N1CCN(CCCc2cccc3c2C(=O)N(C2CCC(=O)NC2=O)C3=O)CC1. The average molecular weight is 485 g/mol. The first kappa shape index (κ1) is 24.8. The maximum atomic E-state index is 13.2. The van der Waals surface area contributed by atoms with E-state index in [1.165, 1.54) is 0 Å². The summed E-state index contributed by atoms with van der Waals surface area (Å²) in [6.07, 6.45) is 1.33. The van der Waals surface area contributed by atoms with Crippen LogP contribution in [0.5, 0.6) is 0 Å². The maximum Gasteiger partial charge on any atom is 0.410 e. The Hall–Kier alpha value is -3.27. The lowest BCUT2D eigenvalue weighted by Gasteiger charge is -2.35. The second-order valence-corrected chi connectivity index (χ2v) is 10.2. The van der Waals surface area contributed by atoms with Gasteiger partial charge in [-0.3, -0.25) is 34.3 Å². The van der Waals surface area contributed by atoms with Crippen molar-refractivity contribution in [3.05, 3.63) is 34.9 Å². The van der Waals surface area contributed by atoms with Gasteiger partial charge in [0.15, 0.2) is 0 Å². The van der Waals surface area contributed by atoms with Crippen molar-refractivity contribution in [3.8, 4) is 0 Å². The molecule has 1 aromatic rings. The van der Waals surface area contributed by atoms with Crippen molar-refractivity contribution in [2.45, 2.75) is 58.1 Å². The van der Waals surface area contributed by atoms with Crippen LogP contribution in [-0.2, 0) is 20.7 Å². The Bertz CT molecular complexity index is 1050. The van der Waals surface area contributed by atoms with E-state index in [9.17, 15) is 24.0 Å². The number of aryl methyl sites for hydroxylation is 1. The number of benzene rings is 1. The van der Waals surface area contributed by atoms with Crippen LogP contribution in [0.15, 0.2) is 18.2 Å². The van der Waals surface area contributed by atoms with Gasteiger partial charge in [-0.25, -0.2) is 4.79 Å². The van der Waals surface area contributed by atoms with E-state index in [2.05, 4.69) is 10.2 Å². The van der Waals surface area contributed by atoms with Gasteiger partial charge in [-0.2, -0.15) is 0 Å². The Balaban J connectivity index is 1.33. The Kier molecular flexibility index (Phi) is 6.93. The van der Waals surface area contributed by atoms with Gasteiger partial charge in [0.2, 0.25) is 11.8 Å². The molecule has 35 heavy (non-hydrogen) atoms. The van der Waals surface area contributed by atoms with Gasteiger partial charge in [0.05, 0.1) is 11.1 Å². The second-order valence-electron chi connectivity index (χ2n) is 10.2. The number of hydrogen-bond donors (Lipinski definition) is 1. The predicted octanol–water partition coefficient (Wildman–Crippen LogP) is 1.57. The number of nitrogens with one attached hydrogen (secondary N) is 1. The molecule has 1 atom stereocenters. The third kappa shape index (κ3) is 5.37. The fourth-order valence-electron chi connectivity index (χ4n) is 4.77. The highest BCUT2D eigenvalue weighted by Crippen LogP contribution is 2.30. The third-order valence-corrected chi connectivity index (χ3v) is 6.50. The number of nitrogens with zero attached hydrogens (tertiary/aromatic N) is 3. The quantitative estimate of drug-likeness (QED) is 0.631. The summed E-state index contributed by atoms with van der Waals surface area (Å²) in [7, 11) is 0. The van der Waals surface area contributed by atoms with Crippen LogP contribution in [0.2, 0.25) is 0 Å². The first-order valence-corrected chi connectivity index (χ1v) is 12.1. The Morgan fingerprint density at radius 1 is 1.06 bits per heavy atom. The van der Waals surface area contributed by atoms with Crippen molar-refractivity contribution in [2.24, 2.45) is 0 Å². The third-order valence-electron chi connectivity index (χ3n) is 6.50. The molecule has 0 saturated carbocycles. The summed E-state index contributed by atoms with van der Waals surface area (Å²) in [6.45, 7) is 9.04. The number of imide groups is 2. The largest absolute Gasteiger partial charge is 0.444 e. The summed E-state index contributed by atoms with van der Waals surface area (Å²) < 4.78 is 5.44. The minimum Gasteiger partial charge on any atom is -0.444 e. The molecular weight excluding hydrogens is 452 g/mol. The molecule has 0 bridgehead atoms. The van der Waals surface area contributed by atoms with Crippen molar-refractivity contribution in [2.75, 3.05) is 32.7 Å². The summed E-state index contributed by atoms with van der Waals surface area (Å²) in [5.41, 5.74) is 0.930. The van der Waals surface area contributed by atoms with Gasteiger partial charge in [-0.05, 0) is 58.2 Å². The summed E-state index contributed by atoms with van der Waals surface area (Å²) in [5, 5.41) is 2.22. The molecule has 0 radical (unpaired) electrons. The highest BCUT2D eigenvalue weighted by molar-refractivity contribution is 6.24. The van der Waals surface area contributed by atoms with Crippen LogP contribution in [0.1, 0.15) is 66.3 Å². The number of piperazine rings is 1. The second kappa shape index (κ2) is 9.77. The molecule has 188 valence electrons. The first-order chi connectivity index (χ1) is 16.5. The molecule has 1 N–H and O–H groups in total. The van der Waals surface area contributed by atoms with Crippen molar-refractivity contribution in [3.63, 3.8) is 0 Å². The molecule has 3 aliphatic rings. The van der Waals surface area contributed by atoms with E-state index in [1.807, 2.05) is 26.8 Å². The zero-order chi connectivity index (χ0) is 25.3. The van der Waals surface area contributed by atoms with Crippen molar-refractivity contribution < 1.29 is 28.7 Å². The van der Waals surface area contributed by atoms with Gasteiger partial charge < -0.3 is 9.64 Å². The fraction of sp³-hybridized carbons (Fsp3) is 0.560. The number of amides is 5. The Morgan fingerprint density at radius 3 is 2.43 bits per heavy atom. The average Bonchev–Trinajstić information content (AvgIpc) is 3.04. The smallest absolute Gasteiger partial charge is 0.410 e. The van der Waals surface area contributed by atoms with Gasteiger partial charge >= 0.3 is 6.09 Å². The van der Waals surface area contributed by atoms with Gasteiger partial charge in [-0.15, -0.1) is 0 Å². The van der Waals surface area contributed by atoms with Crippen LogP contribution in [0.4, 0.5) is 4.79 Å². The zero-order valence-electron chi connectivity index (χ0n) is 20.5. The topological polar surface area (TPSA) is 116 Å². The molecule has 4 rings (SSSR count). The van der Waals surface area contributed by atoms with E-state index in [1.54, 1.807) is 17.0 Å². The van der Waals surface area contributed by atoms with E-state index in [4.69, 9.17) is 4.74 Å². The summed E-state index contributed by atoms with van der Waals surface area (Å²) in [6, 6.07) is 4.25. The molecule has 2 fully saturated rings. The van der Waals surface area contributed by atoms with Crippen LogP contribution in [-0.4, -0.2) is 88.8 Å². The number of rotatable bonds is 5. The molecule has 10 heteroatoms. The first-order valence-electron chi connectivity index (χ1n) is 12.1. The number of piperidine rings is 1.